The summed E-state index contributed by atoms with van der Waals surface area (Å²) in [5.74, 6) is 1.84. The molecule has 0 unspecified atom stereocenters. The monoisotopic (exact) mass is 796 g/mol. The van der Waals surface area contributed by atoms with Crippen molar-refractivity contribution in [3.05, 3.63) is 218 Å². The lowest BCUT2D eigenvalue weighted by Crippen LogP contribution is -2.00. The normalized spacial score (nSPS) is 11.3. The van der Waals surface area contributed by atoms with E-state index in [1.165, 1.54) is 15.8 Å². The number of fused-ring (bicyclic) bond motifs is 3. The number of pyridine rings is 1. The summed E-state index contributed by atoms with van der Waals surface area (Å²) in [6, 6.07) is 76.2. The molecule has 61 heavy (non-hydrogen) atoms. The molecule has 0 N–H and O–H groups in total. The van der Waals surface area contributed by atoms with E-state index in [9.17, 15) is 0 Å². The lowest BCUT2D eigenvalue weighted by molar-refractivity contribution is 1.07. The van der Waals surface area contributed by atoms with E-state index < -0.39 is 0 Å². The average Bonchev–Trinajstić information content (AvgIpc) is 3.76. The third-order valence-electron chi connectivity index (χ3n) is 11.1. The van der Waals surface area contributed by atoms with Gasteiger partial charge in [-0.25, -0.2) is 19.9 Å². The zero-order valence-corrected chi connectivity index (χ0v) is 33.8. The van der Waals surface area contributed by atoms with Crippen molar-refractivity contribution in [2.75, 3.05) is 0 Å². The third kappa shape index (κ3) is 6.97. The van der Waals surface area contributed by atoms with Crippen molar-refractivity contribution in [1.29, 1.82) is 0 Å². The first kappa shape index (κ1) is 36.2. The molecule has 0 fully saturated rings. The molecule has 4 nitrogen and oxygen atoms in total. The number of para-hydroxylation sites is 1. The summed E-state index contributed by atoms with van der Waals surface area (Å²) in [6.07, 6.45) is 0. The predicted molar refractivity (Wildman–Crippen MR) is 254 cm³/mol. The number of rotatable bonds is 8. The molecule has 0 saturated heterocycles. The van der Waals surface area contributed by atoms with Gasteiger partial charge in [0.25, 0.3) is 0 Å². The van der Waals surface area contributed by atoms with Crippen LogP contribution >= 0.6 is 11.3 Å². The maximum absolute atomic E-state index is 5.29. The Morgan fingerprint density at radius 2 is 0.689 bits per heavy atom. The topological polar surface area (TPSA) is 51.6 Å². The van der Waals surface area contributed by atoms with Crippen LogP contribution < -0.4 is 0 Å². The van der Waals surface area contributed by atoms with Crippen molar-refractivity contribution >= 4 is 32.3 Å². The Morgan fingerprint density at radius 1 is 0.295 bits per heavy atom. The van der Waals surface area contributed by atoms with Gasteiger partial charge in [0.2, 0.25) is 0 Å². The Bertz CT molecular complexity index is 3240. The van der Waals surface area contributed by atoms with Gasteiger partial charge in [0, 0.05) is 43.5 Å². The van der Waals surface area contributed by atoms with E-state index in [2.05, 4.69) is 206 Å². The van der Waals surface area contributed by atoms with Crippen LogP contribution in [0, 0.1) is 0 Å². The molecular formula is C56H36N4S. The highest BCUT2D eigenvalue weighted by molar-refractivity contribution is 7.23. The molecule has 0 spiro atoms. The molecule has 0 radical (unpaired) electrons. The highest BCUT2D eigenvalue weighted by Crippen LogP contribution is 2.50. The van der Waals surface area contributed by atoms with Crippen molar-refractivity contribution in [2.45, 2.75) is 0 Å². The van der Waals surface area contributed by atoms with E-state index in [0.29, 0.717) is 17.5 Å². The molecule has 11 aromatic rings. The number of benzene rings is 8. The van der Waals surface area contributed by atoms with Crippen molar-refractivity contribution in [3.8, 4) is 89.2 Å². The van der Waals surface area contributed by atoms with Crippen molar-refractivity contribution in [3.63, 3.8) is 0 Å². The Labute approximate surface area is 358 Å². The Morgan fingerprint density at radius 3 is 1.21 bits per heavy atom. The summed E-state index contributed by atoms with van der Waals surface area (Å²) in [5, 5.41) is 2.35. The molecule has 0 saturated carbocycles. The quantitative estimate of drug-likeness (QED) is 0.154. The van der Waals surface area contributed by atoms with Gasteiger partial charge in [-0.05, 0) is 57.6 Å². The lowest BCUT2D eigenvalue weighted by atomic mass is 9.95. The molecule has 0 atom stereocenters. The van der Waals surface area contributed by atoms with E-state index in [1.807, 2.05) is 12.1 Å². The fraction of sp³-hybridized carbons (Fsp3) is 0. The molecule has 0 aliphatic heterocycles. The highest BCUT2D eigenvalue weighted by Gasteiger charge is 2.23. The molecule has 3 aromatic heterocycles. The van der Waals surface area contributed by atoms with E-state index in [-0.39, 0.29) is 0 Å². The van der Waals surface area contributed by atoms with Crippen LogP contribution in [-0.4, -0.2) is 19.9 Å². The van der Waals surface area contributed by atoms with Crippen LogP contribution in [0.3, 0.4) is 0 Å². The molecule has 3 heterocycles. The number of thiophene rings is 1. The number of aromatic nitrogens is 4. The Balaban J connectivity index is 1.12. The first-order valence-electron chi connectivity index (χ1n) is 20.4. The highest BCUT2D eigenvalue weighted by atomic mass is 32.1. The predicted octanol–water partition coefficient (Wildman–Crippen LogP) is 15.0. The summed E-state index contributed by atoms with van der Waals surface area (Å²) in [5.41, 5.74) is 13.7. The second kappa shape index (κ2) is 15.7. The maximum Gasteiger partial charge on any atom is 0.164 e. The van der Waals surface area contributed by atoms with Crippen LogP contribution in [0.15, 0.2) is 218 Å². The average molecular weight is 797 g/mol. The van der Waals surface area contributed by atoms with Gasteiger partial charge in [-0.15, -0.1) is 11.3 Å². The second-order valence-electron chi connectivity index (χ2n) is 15.0. The summed E-state index contributed by atoms with van der Waals surface area (Å²) < 4.78 is 1.16. The zero-order chi connectivity index (χ0) is 40.5. The van der Waals surface area contributed by atoms with Gasteiger partial charge in [0.15, 0.2) is 17.5 Å². The summed E-state index contributed by atoms with van der Waals surface area (Å²) >= 11 is 1.80. The van der Waals surface area contributed by atoms with Crippen LogP contribution in [0.4, 0.5) is 0 Å². The van der Waals surface area contributed by atoms with Gasteiger partial charge in [0.1, 0.15) is 0 Å². The molecule has 8 aromatic carbocycles. The van der Waals surface area contributed by atoms with Crippen molar-refractivity contribution in [2.24, 2.45) is 0 Å². The van der Waals surface area contributed by atoms with Gasteiger partial charge in [-0.1, -0.05) is 194 Å². The minimum atomic E-state index is 0.608. The standard InChI is InChI=1S/C56H36N4S/c1-5-18-37(19-6-1)41-26-15-29-44(34-41)54-58-55(45-30-16-27-42(35-45)38-20-7-2-8-21-38)60-56(59-54)46-31-17-28-43(36-46)52-49(39-22-9-3-10-23-39)50-47-32-13-14-33-48(47)57-51(53(50)61-52)40-24-11-4-12-25-40/h1-36H. The minimum Gasteiger partial charge on any atom is -0.246 e. The second-order valence-corrected chi connectivity index (χ2v) is 16.0. The molecule has 11 rings (SSSR count). The van der Waals surface area contributed by atoms with Crippen LogP contribution in [0.1, 0.15) is 0 Å². The van der Waals surface area contributed by atoms with Crippen LogP contribution in [-0.2, 0) is 0 Å². The lowest BCUT2D eigenvalue weighted by Gasteiger charge is -2.12. The van der Waals surface area contributed by atoms with Crippen LogP contribution in [0.5, 0.6) is 0 Å². The van der Waals surface area contributed by atoms with Crippen LogP contribution in [0.25, 0.3) is 110 Å². The Hall–Kier alpha value is -7.86. The van der Waals surface area contributed by atoms with Gasteiger partial charge in [0.05, 0.1) is 15.9 Å². The summed E-state index contributed by atoms with van der Waals surface area (Å²) in [4.78, 5) is 22.1. The van der Waals surface area contributed by atoms with E-state index in [0.717, 1.165) is 76.9 Å². The molecular weight excluding hydrogens is 761 g/mol. The minimum absolute atomic E-state index is 0.608. The molecule has 5 heteroatoms. The zero-order valence-electron chi connectivity index (χ0n) is 33.0. The molecule has 0 aliphatic rings. The summed E-state index contributed by atoms with van der Waals surface area (Å²) in [7, 11) is 0. The van der Waals surface area contributed by atoms with E-state index >= 15 is 0 Å². The molecule has 286 valence electrons. The van der Waals surface area contributed by atoms with Gasteiger partial charge < -0.3 is 0 Å². The number of nitrogens with zero attached hydrogens (tertiary/aromatic N) is 4. The van der Waals surface area contributed by atoms with Gasteiger partial charge in [-0.2, -0.15) is 0 Å². The fourth-order valence-electron chi connectivity index (χ4n) is 8.18. The first-order chi connectivity index (χ1) is 30.2. The number of hydrogen-bond donors (Lipinski definition) is 0. The number of hydrogen-bond acceptors (Lipinski definition) is 5. The largest absolute Gasteiger partial charge is 0.246 e. The fourth-order valence-corrected chi connectivity index (χ4v) is 9.53. The van der Waals surface area contributed by atoms with Crippen molar-refractivity contribution < 1.29 is 0 Å². The van der Waals surface area contributed by atoms with Gasteiger partial charge >= 0.3 is 0 Å². The molecule has 0 bridgehead atoms. The van der Waals surface area contributed by atoms with E-state index in [1.54, 1.807) is 11.3 Å². The van der Waals surface area contributed by atoms with Crippen LogP contribution in [0.2, 0.25) is 0 Å². The SMILES string of the molecule is c1ccc(-c2cccc(-c3nc(-c4cccc(-c5ccccc5)c4)nc(-c4cccc(-c5sc6c(-c7ccccc7)nc7ccccc7c6c5-c5ccccc5)c4)n3)c2)cc1. The first-order valence-corrected chi connectivity index (χ1v) is 21.2. The smallest absolute Gasteiger partial charge is 0.164 e. The maximum atomic E-state index is 5.29. The van der Waals surface area contributed by atoms with Gasteiger partial charge in [-0.3, -0.25) is 0 Å². The van der Waals surface area contributed by atoms with E-state index in [4.69, 9.17) is 19.9 Å². The van der Waals surface area contributed by atoms with Crippen molar-refractivity contribution in [1.82, 2.24) is 19.9 Å². The molecule has 0 amide bonds. The summed E-state index contributed by atoms with van der Waals surface area (Å²) in [6.45, 7) is 0. The Kier molecular flexibility index (Phi) is 9.34. The third-order valence-corrected chi connectivity index (χ3v) is 12.4. The molecule has 0 aliphatic carbocycles.